The van der Waals surface area contributed by atoms with Gasteiger partial charge in [0.25, 0.3) is 0 Å². The third kappa shape index (κ3) is 3.51. The minimum atomic E-state index is -4.21. The van der Waals surface area contributed by atoms with Crippen LogP contribution >= 0.6 is 0 Å². The second kappa shape index (κ2) is 5.84. The molecular formula is C15H17F3N2. The van der Waals surface area contributed by atoms with Gasteiger partial charge in [-0.25, -0.2) is 0 Å². The van der Waals surface area contributed by atoms with Gasteiger partial charge in [0.15, 0.2) is 0 Å². The molecule has 0 spiro atoms. The quantitative estimate of drug-likeness (QED) is 0.915. The van der Waals surface area contributed by atoms with Crippen LogP contribution in [0.3, 0.4) is 0 Å². The molecule has 5 heteroatoms. The number of hydrogen-bond acceptors (Lipinski definition) is 2. The second-order valence-corrected chi connectivity index (χ2v) is 5.37. The van der Waals surface area contributed by atoms with Crippen LogP contribution in [-0.4, -0.2) is 11.7 Å². The van der Waals surface area contributed by atoms with Crippen molar-refractivity contribution < 1.29 is 13.2 Å². The number of alkyl halides is 3. The largest absolute Gasteiger partial charge is 0.391 e. The molecular weight excluding hydrogens is 265 g/mol. The number of nitriles is 1. The van der Waals surface area contributed by atoms with E-state index in [4.69, 9.17) is 0 Å². The number of halogens is 3. The topological polar surface area (TPSA) is 35.8 Å². The lowest BCUT2D eigenvalue weighted by Crippen LogP contribution is -2.49. The first-order valence-corrected chi connectivity index (χ1v) is 6.72. The number of benzene rings is 1. The maximum Gasteiger partial charge on any atom is 0.391 e. The van der Waals surface area contributed by atoms with Crippen LogP contribution < -0.4 is 5.32 Å². The van der Waals surface area contributed by atoms with E-state index in [2.05, 4.69) is 11.4 Å². The molecule has 0 bridgehead atoms. The van der Waals surface area contributed by atoms with E-state index < -0.39 is 17.6 Å². The van der Waals surface area contributed by atoms with E-state index in [-0.39, 0.29) is 12.8 Å². The average molecular weight is 282 g/mol. The Balaban J connectivity index is 2.04. The van der Waals surface area contributed by atoms with Crippen LogP contribution in [0.4, 0.5) is 13.2 Å². The molecule has 2 unspecified atom stereocenters. The van der Waals surface area contributed by atoms with Crippen LogP contribution in [0.1, 0.15) is 31.2 Å². The van der Waals surface area contributed by atoms with Crippen LogP contribution in [0.25, 0.3) is 0 Å². The first-order valence-electron chi connectivity index (χ1n) is 6.72. The Morgan fingerprint density at radius 2 is 2.00 bits per heavy atom. The predicted molar refractivity (Wildman–Crippen MR) is 69.6 cm³/mol. The van der Waals surface area contributed by atoms with Crippen LogP contribution in [0, 0.1) is 17.2 Å². The molecule has 0 saturated heterocycles. The highest BCUT2D eigenvalue weighted by Crippen LogP contribution is 2.41. The van der Waals surface area contributed by atoms with E-state index in [1.807, 2.05) is 30.3 Å². The molecule has 0 aromatic heterocycles. The van der Waals surface area contributed by atoms with Gasteiger partial charge in [0, 0.05) is 6.54 Å². The summed E-state index contributed by atoms with van der Waals surface area (Å²) in [5.74, 6) is -1.38. The van der Waals surface area contributed by atoms with Gasteiger partial charge in [-0.1, -0.05) is 30.3 Å². The number of nitrogens with one attached hydrogen (secondary N) is 1. The fourth-order valence-electron chi connectivity index (χ4n) is 2.72. The molecule has 1 saturated carbocycles. The minimum absolute atomic E-state index is 0.125. The first-order chi connectivity index (χ1) is 9.45. The van der Waals surface area contributed by atoms with Gasteiger partial charge in [-0.2, -0.15) is 18.4 Å². The Kier molecular flexibility index (Phi) is 4.34. The Bertz CT molecular complexity index is 478. The molecule has 2 nitrogen and oxygen atoms in total. The Hall–Kier alpha value is -1.54. The number of hydrogen-bond donors (Lipinski definition) is 1. The Morgan fingerprint density at radius 1 is 1.30 bits per heavy atom. The fraction of sp³-hybridized carbons (Fsp3) is 0.533. The zero-order chi connectivity index (χ0) is 14.6. The smallest absolute Gasteiger partial charge is 0.295 e. The minimum Gasteiger partial charge on any atom is -0.295 e. The first kappa shape index (κ1) is 14.9. The molecule has 0 radical (unpaired) electrons. The molecule has 1 aliphatic rings. The average Bonchev–Trinajstić information content (AvgIpc) is 2.46. The third-order valence-electron chi connectivity index (χ3n) is 3.90. The van der Waals surface area contributed by atoms with Crippen molar-refractivity contribution >= 4 is 0 Å². The van der Waals surface area contributed by atoms with Crippen molar-refractivity contribution in [3.05, 3.63) is 35.9 Å². The van der Waals surface area contributed by atoms with Gasteiger partial charge in [-0.15, -0.1) is 0 Å². The summed E-state index contributed by atoms with van der Waals surface area (Å²) in [4.78, 5) is 0. The Morgan fingerprint density at radius 3 is 2.60 bits per heavy atom. The SMILES string of the molecule is N#CC1(NCc2ccccc2)CCCC(C(F)(F)F)C1. The van der Waals surface area contributed by atoms with Gasteiger partial charge in [0.1, 0.15) is 5.54 Å². The predicted octanol–water partition coefficient (Wildman–Crippen LogP) is 3.79. The van der Waals surface area contributed by atoms with E-state index in [0.29, 0.717) is 19.4 Å². The molecule has 1 aromatic carbocycles. The molecule has 1 aromatic rings. The standard InChI is InChI=1S/C15H17F3N2/c16-15(17,18)13-7-4-8-14(9-13,11-19)20-10-12-5-2-1-3-6-12/h1-3,5-6,13,20H,4,7-10H2. The van der Waals surface area contributed by atoms with Crippen molar-refractivity contribution in [2.24, 2.45) is 5.92 Å². The zero-order valence-electron chi connectivity index (χ0n) is 11.1. The van der Waals surface area contributed by atoms with Crippen LogP contribution in [0.2, 0.25) is 0 Å². The molecule has 2 atom stereocenters. The molecule has 20 heavy (non-hydrogen) atoms. The Labute approximate surface area is 116 Å². The second-order valence-electron chi connectivity index (χ2n) is 5.37. The normalized spacial score (nSPS) is 27.0. The summed E-state index contributed by atoms with van der Waals surface area (Å²) in [7, 11) is 0. The zero-order valence-corrected chi connectivity index (χ0v) is 11.1. The lowest BCUT2D eigenvalue weighted by molar-refractivity contribution is -0.186. The summed E-state index contributed by atoms with van der Waals surface area (Å²) < 4.78 is 38.5. The van der Waals surface area contributed by atoms with Crippen molar-refractivity contribution in [3.63, 3.8) is 0 Å². The van der Waals surface area contributed by atoms with Crippen molar-refractivity contribution in [2.45, 2.75) is 43.9 Å². The summed E-state index contributed by atoms with van der Waals surface area (Å²) in [6.07, 6.45) is -3.33. The van der Waals surface area contributed by atoms with Crippen molar-refractivity contribution in [3.8, 4) is 6.07 Å². The highest BCUT2D eigenvalue weighted by molar-refractivity contribution is 5.17. The summed E-state index contributed by atoms with van der Waals surface area (Å²) in [6, 6.07) is 11.5. The number of nitrogens with zero attached hydrogens (tertiary/aromatic N) is 1. The molecule has 0 aliphatic heterocycles. The summed E-state index contributed by atoms with van der Waals surface area (Å²) in [6.45, 7) is 0.416. The van der Waals surface area contributed by atoms with Gasteiger partial charge in [-0.05, 0) is 31.2 Å². The van der Waals surface area contributed by atoms with Crippen LogP contribution in [-0.2, 0) is 6.54 Å². The highest BCUT2D eigenvalue weighted by atomic mass is 19.4. The molecule has 1 fully saturated rings. The lowest BCUT2D eigenvalue weighted by atomic mass is 9.76. The van der Waals surface area contributed by atoms with E-state index in [0.717, 1.165) is 5.56 Å². The van der Waals surface area contributed by atoms with Crippen LogP contribution in [0.15, 0.2) is 30.3 Å². The van der Waals surface area contributed by atoms with Crippen molar-refractivity contribution in [2.75, 3.05) is 0 Å². The van der Waals surface area contributed by atoms with Crippen molar-refractivity contribution in [1.29, 1.82) is 5.26 Å². The van der Waals surface area contributed by atoms with Gasteiger partial charge >= 0.3 is 6.18 Å². The lowest BCUT2D eigenvalue weighted by Gasteiger charge is -2.37. The molecule has 1 aliphatic carbocycles. The number of rotatable bonds is 3. The van der Waals surface area contributed by atoms with E-state index in [9.17, 15) is 18.4 Å². The summed E-state index contributed by atoms with van der Waals surface area (Å²) in [5, 5.41) is 12.4. The maximum absolute atomic E-state index is 12.8. The molecule has 2 rings (SSSR count). The fourth-order valence-corrected chi connectivity index (χ4v) is 2.72. The van der Waals surface area contributed by atoms with Gasteiger partial charge in [0.2, 0.25) is 0 Å². The van der Waals surface area contributed by atoms with Gasteiger partial charge in [-0.3, -0.25) is 5.32 Å². The van der Waals surface area contributed by atoms with E-state index >= 15 is 0 Å². The highest BCUT2D eigenvalue weighted by Gasteiger charge is 2.47. The van der Waals surface area contributed by atoms with E-state index in [1.54, 1.807) is 0 Å². The summed E-state index contributed by atoms with van der Waals surface area (Å²) >= 11 is 0. The van der Waals surface area contributed by atoms with Gasteiger partial charge in [0.05, 0.1) is 12.0 Å². The molecule has 0 amide bonds. The monoisotopic (exact) mass is 282 g/mol. The third-order valence-corrected chi connectivity index (χ3v) is 3.90. The van der Waals surface area contributed by atoms with E-state index in [1.165, 1.54) is 0 Å². The maximum atomic E-state index is 12.8. The summed E-state index contributed by atoms with van der Waals surface area (Å²) in [5.41, 5.74) is -0.0925. The van der Waals surface area contributed by atoms with Gasteiger partial charge < -0.3 is 0 Å². The van der Waals surface area contributed by atoms with Crippen LogP contribution in [0.5, 0.6) is 0 Å². The molecule has 1 N–H and O–H groups in total. The molecule has 108 valence electrons. The molecule has 0 heterocycles. The van der Waals surface area contributed by atoms with Crippen molar-refractivity contribution in [1.82, 2.24) is 5.32 Å².